The first kappa shape index (κ1) is 12.2. The van der Waals surface area contributed by atoms with Crippen LogP contribution in [0.2, 0.25) is 0 Å². The van der Waals surface area contributed by atoms with Gasteiger partial charge < -0.3 is 10.3 Å². The zero-order chi connectivity index (χ0) is 12.1. The van der Waals surface area contributed by atoms with Crippen molar-refractivity contribution in [2.45, 2.75) is 17.9 Å². The highest BCUT2D eigenvalue weighted by Gasteiger charge is 2.07. The number of benzene rings is 1. The summed E-state index contributed by atoms with van der Waals surface area (Å²) in [6, 6.07) is 12.0. The van der Waals surface area contributed by atoms with Crippen LogP contribution in [0.15, 0.2) is 40.9 Å². The van der Waals surface area contributed by atoms with E-state index in [2.05, 4.69) is 12.1 Å². The molecular formula is C13H16N2OS. The van der Waals surface area contributed by atoms with Crippen LogP contribution >= 0.6 is 11.8 Å². The van der Waals surface area contributed by atoms with Crippen molar-refractivity contribution in [1.82, 2.24) is 5.16 Å². The lowest BCUT2D eigenvalue weighted by atomic mass is 10.2. The predicted octanol–water partition coefficient (Wildman–Crippen LogP) is 2.92. The number of thioether (sulfide) groups is 1. The van der Waals surface area contributed by atoms with E-state index in [1.165, 1.54) is 0 Å². The molecule has 1 aromatic carbocycles. The lowest BCUT2D eigenvalue weighted by molar-refractivity contribution is 0.426. The molecule has 1 heterocycles. The fraction of sp³-hybridized carbons (Fsp3) is 0.308. The molecule has 0 bridgehead atoms. The van der Waals surface area contributed by atoms with Crippen molar-refractivity contribution in [3.05, 3.63) is 42.1 Å². The molecule has 17 heavy (non-hydrogen) atoms. The van der Waals surface area contributed by atoms with Gasteiger partial charge in [-0.15, -0.1) is 0 Å². The number of hydrogen-bond acceptors (Lipinski definition) is 4. The average molecular weight is 248 g/mol. The fourth-order valence-corrected chi connectivity index (χ4v) is 2.14. The smallest absolute Gasteiger partial charge is 0.167 e. The Morgan fingerprint density at radius 2 is 2.12 bits per heavy atom. The highest BCUT2D eigenvalue weighted by molar-refractivity contribution is 7.99. The molecule has 0 saturated carbocycles. The molecule has 0 aliphatic carbocycles. The van der Waals surface area contributed by atoms with E-state index in [-0.39, 0.29) is 0 Å². The summed E-state index contributed by atoms with van der Waals surface area (Å²) in [7, 11) is 0. The van der Waals surface area contributed by atoms with Crippen LogP contribution in [0.4, 0.5) is 0 Å². The van der Waals surface area contributed by atoms with E-state index in [0.29, 0.717) is 11.8 Å². The third-order valence-electron chi connectivity index (χ3n) is 2.46. The predicted molar refractivity (Wildman–Crippen MR) is 71.8 cm³/mol. The van der Waals surface area contributed by atoms with E-state index >= 15 is 0 Å². The maximum Gasteiger partial charge on any atom is 0.167 e. The highest BCUT2D eigenvalue weighted by atomic mass is 32.2. The van der Waals surface area contributed by atoms with Crippen molar-refractivity contribution in [1.29, 1.82) is 0 Å². The molecule has 1 unspecified atom stereocenters. The molecule has 0 radical (unpaired) electrons. The normalized spacial score (nSPS) is 12.6. The molecule has 2 aromatic rings. The van der Waals surface area contributed by atoms with Crippen LogP contribution in [0.3, 0.4) is 0 Å². The minimum atomic E-state index is 0.451. The minimum absolute atomic E-state index is 0.451. The molecule has 0 saturated heterocycles. The molecule has 0 aliphatic heterocycles. The summed E-state index contributed by atoms with van der Waals surface area (Å²) in [6.07, 6.45) is 0. The fourth-order valence-electron chi connectivity index (χ4n) is 1.41. The van der Waals surface area contributed by atoms with E-state index in [9.17, 15) is 0 Å². The van der Waals surface area contributed by atoms with Crippen LogP contribution < -0.4 is 5.73 Å². The molecule has 90 valence electrons. The Balaban J connectivity index is 2.01. The second kappa shape index (κ2) is 5.89. The Morgan fingerprint density at radius 1 is 1.35 bits per heavy atom. The van der Waals surface area contributed by atoms with Gasteiger partial charge in [-0.1, -0.05) is 42.4 Å². The van der Waals surface area contributed by atoms with Gasteiger partial charge in [-0.2, -0.15) is 11.8 Å². The second-order valence-electron chi connectivity index (χ2n) is 3.91. The third kappa shape index (κ3) is 3.35. The van der Waals surface area contributed by atoms with Crippen LogP contribution in [-0.4, -0.2) is 17.0 Å². The maximum absolute atomic E-state index is 5.57. The topological polar surface area (TPSA) is 52.0 Å². The van der Waals surface area contributed by atoms with Gasteiger partial charge in [-0.3, -0.25) is 0 Å². The van der Waals surface area contributed by atoms with Crippen molar-refractivity contribution < 1.29 is 4.52 Å². The van der Waals surface area contributed by atoms with Crippen molar-refractivity contribution in [3.63, 3.8) is 0 Å². The molecular weight excluding hydrogens is 232 g/mol. The van der Waals surface area contributed by atoms with Crippen molar-refractivity contribution in [2.24, 2.45) is 5.73 Å². The number of rotatable bonds is 5. The summed E-state index contributed by atoms with van der Waals surface area (Å²) in [5.41, 5.74) is 7.59. The van der Waals surface area contributed by atoms with Crippen molar-refractivity contribution >= 4 is 11.8 Å². The Labute approximate surface area is 105 Å². The molecule has 0 amide bonds. The van der Waals surface area contributed by atoms with Crippen LogP contribution in [0.1, 0.15) is 12.6 Å². The zero-order valence-corrected chi connectivity index (χ0v) is 10.6. The molecule has 4 heteroatoms. The molecule has 2 N–H and O–H groups in total. The van der Waals surface area contributed by atoms with E-state index in [0.717, 1.165) is 22.8 Å². The van der Waals surface area contributed by atoms with E-state index < -0.39 is 0 Å². The Morgan fingerprint density at radius 3 is 2.82 bits per heavy atom. The summed E-state index contributed by atoms with van der Waals surface area (Å²) in [5.74, 6) is 1.66. The third-order valence-corrected chi connectivity index (χ3v) is 3.69. The Bertz CT molecular complexity index is 455. The SMILES string of the molecule is CC(CN)SCc1cc(-c2ccccc2)on1. The molecule has 1 atom stereocenters. The first-order chi connectivity index (χ1) is 8.29. The van der Waals surface area contributed by atoms with Gasteiger partial charge in [0.25, 0.3) is 0 Å². The maximum atomic E-state index is 5.57. The Kier molecular flexibility index (Phi) is 4.23. The lowest BCUT2D eigenvalue weighted by Gasteiger charge is -2.04. The van der Waals surface area contributed by atoms with Crippen LogP contribution in [0.25, 0.3) is 11.3 Å². The van der Waals surface area contributed by atoms with Gasteiger partial charge in [0.05, 0.1) is 5.69 Å². The van der Waals surface area contributed by atoms with E-state index in [4.69, 9.17) is 10.3 Å². The summed E-state index contributed by atoms with van der Waals surface area (Å²) in [5, 5.41) is 4.51. The molecule has 3 nitrogen and oxygen atoms in total. The van der Waals surface area contributed by atoms with Gasteiger partial charge in [0.15, 0.2) is 5.76 Å². The zero-order valence-electron chi connectivity index (χ0n) is 9.80. The molecule has 0 aliphatic rings. The lowest BCUT2D eigenvalue weighted by Crippen LogP contribution is -2.12. The number of hydrogen-bond donors (Lipinski definition) is 1. The summed E-state index contributed by atoms with van der Waals surface area (Å²) in [6.45, 7) is 2.80. The van der Waals surface area contributed by atoms with Gasteiger partial charge in [-0.25, -0.2) is 0 Å². The molecule has 2 rings (SSSR count). The quantitative estimate of drug-likeness (QED) is 0.884. The van der Waals surface area contributed by atoms with E-state index in [1.807, 2.05) is 36.4 Å². The summed E-state index contributed by atoms with van der Waals surface area (Å²) in [4.78, 5) is 0. The number of aromatic nitrogens is 1. The van der Waals surface area contributed by atoms with Crippen LogP contribution in [-0.2, 0) is 5.75 Å². The number of nitrogens with zero attached hydrogens (tertiary/aromatic N) is 1. The van der Waals surface area contributed by atoms with Crippen LogP contribution in [0, 0.1) is 0 Å². The average Bonchev–Trinajstić information content (AvgIpc) is 2.86. The molecule has 1 aromatic heterocycles. The van der Waals surface area contributed by atoms with Crippen molar-refractivity contribution in [3.8, 4) is 11.3 Å². The standard InChI is InChI=1S/C13H16N2OS/c1-10(8-14)17-9-12-7-13(16-15-12)11-5-3-2-4-6-11/h2-7,10H,8-9,14H2,1H3. The first-order valence-electron chi connectivity index (χ1n) is 5.62. The first-order valence-corrected chi connectivity index (χ1v) is 6.67. The van der Waals surface area contributed by atoms with Crippen molar-refractivity contribution in [2.75, 3.05) is 6.54 Å². The van der Waals surface area contributed by atoms with Gasteiger partial charge in [-0.05, 0) is 0 Å². The largest absolute Gasteiger partial charge is 0.356 e. The van der Waals surface area contributed by atoms with Gasteiger partial charge in [0, 0.05) is 29.2 Å². The van der Waals surface area contributed by atoms with Crippen LogP contribution in [0.5, 0.6) is 0 Å². The summed E-state index contributed by atoms with van der Waals surface area (Å²) < 4.78 is 5.32. The van der Waals surface area contributed by atoms with Gasteiger partial charge >= 0.3 is 0 Å². The van der Waals surface area contributed by atoms with Gasteiger partial charge in [0.1, 0.15) is 0 Å². The highest BCUT2D eigenvalue weighted by Crippen LogP contribution is 2.23. The second-order valence-corrected chi connectivity index (χ2v) is 5.33. The molecule has 0 fully saturated rings. The number of nitrogens with two attached hydrogens (primary N) is 1. The molecule has 0 spiro atoms. The summed E-state index contributed by atoms with van der Waals surface area (Å²) >= 11 is 1.79. The monoisotopic (exact) mass is 248 g/mol. The van der Waals surface area contributed by atoms with Gasteiger partial charge in [0.2, 0.25) is 0 Å². The minimum Gasteiger partial charge on any atom is -0.356 e. The Hall–Kier alpha value is -1.26. The van der Waals surface area contributed by atoms with E-state index in [1.54, 1.807) is 11.8 Å².